The Bertz CT molecular complexity index is 680. The van der Waals surface area contributed by atoms with E-state index in [-0.39, 0.29) is 0 Å². The molecule has 0 bridgehead atoms. The van der Waals surface area contributed by atoms with Gasteiger partial charge < -0.3 is 0 Å². The molecule has 0 aliphatic heterocycles. The number of hydrazone groups is 1. The van der Waals surface area contributed by atoms with Crippen LogP contribution in [0, 0.1) is 0 Å². The van der Waals surface area contributed by atoms with E-state index in [2.05, 4.69) is 34.8 Å². The molecule has 0 fully saturated rings. The fourth-order valence-electron chi connectivity index (χ4n) is 2.58. The highest BCUT2D eigenvalue weighted by atomic mass is 35.5. The molecule has 2 nitrogen and oxygen atoms in total. The van der Waals surface area contributed by atoms with Gasteiger partial charge in [-0.25, -0.2) is 0 Å². The molecular weight excluding hydrogens is 303 g/mol. The van der Waals surface area contributed by atoms with Crippen LogP contribution in [0.1, 0.15) is 30.4 Å². The maximum Gasteiger partial charge on any atom is 0.0682 e. The highest BCUT2D eigenvalue weighted by Crippen LogP contribution is 2.26. The van der Waals surface area contributed by atoms with Crippen LogP contribution in [0.4, 0.5) is 5.69 Å². The van der Waals surface area contributed by atoms with Gasteiger partial charge in [-0.2, -0.15) is 5.10 Å². The molecule has 0 amide bonds. The second kappa shape index (κ2) is 6.50. The van der Waals surface area contributed by atoms with Gasteiger partial charge >= 0.3 is 0 Å². The summed E-state index contributed by atoms with van der Waals surface area (Å²) in [7, 11) is 0. The molecule has 4 heteroatoms. The third-order valence-corrected chi connectivity index (χ3v) is 4.42. The van der Waals surface area contributed by atoms with E-state index in [1.165, 1.54) is 17.5 Å². The van der Waals surface area contributed by atoms with Crippen molar-refractivity contribution < 1.29 is 0 Å². The van der Waals surface area contributed by atoms with Gasteiger partial charge in [0.05, 0.1) is 21.4 Å². The van der Waals surface area contributed by atoms with Gasteiger partial charge in [-0.15, -0.1) is 0 Å². The van der Waals surface area contributed by atoms with E-state index in [1.807, 2.05) is 6.07 Å². The van der Waals surface area contributed by atoms with Crippen LogP contribution in [0.15, 0.2) is 47.6 Å². The van der Waals surface area contributed by atoms with Gasteiger partial charge in [0.1, 0.15) is 0 Å². The number of nitrogens with one attached hydrogen (secondary N) is 1. The zero-order valence-corrected chi connectivity index (χ0v) is 13.1. The topological polar surface area (TPSA) is 24.4 Å². The highest BCUT2D eigenvalue weighted by molar-refractivity contribution is 6.42. The lowest BCUT2D eigenvalue weighted by molar-refractivity contribution is 0.776. The summed E-state index contributed by atoms with van der Waals surface area (Å²) in [4.78, 5) is 0. The molecule has 0 aromatic heterocycles. The van der Waals surface area contributed by atoms with Crippen molar-refractivity contribution in [1.29, 1.82) is 0 Å². The third-order valence-electron chi connectivity index (χ3n) is 3.68. The maximum absolute atomic E-state index is 6.02. The van der Waals surface area contributed by atoms with Gasteiger partial charge in [0, 0.05) is 5.56 Å². The number of halogens is 2. The summed E-state index contributed by atoms with van der Waals surface area (Å²) in [5.41, 5.74) is 7.68. The monoisotopic (exact) mass is 318 g/mol. The first-order valence-corrected chi connectivity index (χ1v) is 7.85. The van der Waals surface area contributed by atoms with Crippen LogP contribution in [-0.2, 0) is 6.42 Å². The van der Waals surface area contributed by atoms with Crippen molar-refractivity contribution in [2.24, 2.45) is 5.10 Å². The predicted octanol–water partition coefficient (Wildman–Crippen LogP) is 5.54. The van der Waals surface area contributed by atoms with E-state index in [4.69, 9.17) is 23.2 Å². The van der Waals surface area contributed by atoms with Crippen LogP contribution in [0.5, 0.6) is 0 Å². The summed E-state index contributed by atoms with van der Waals surface area (Å²) in [6, 6.07) is 13.9. The molecule has 0 heterocycles. The molecule has 0 atom stereocenters. The molecule has 1 aliphatic rings. The largest absolute Gasteiger partial charge is 0.278 e. The summed E-state index contributed by atoms with van der Waals surface area (Å²) in [5, 5.41) is 5.67. The first kappa shape index (κ1) is 14.4. The summed E-state index contributed by atoms with van der Waals surface area (Å²) in [6.45, 7) is 0. The number of benzene rings is 2. The Kier molecular flexibility index (Phi) is 4.47. The van der Waals surface area contributed by atoms with Crippen molar-refractivity contribution in [2.75, 3.05) is 5.43 Å². The Balaban J connectivity index is 1.87. The third kappa shape index (κ3) is 3.39. The van der Waals surface area contributed by atoms with E-state index >= 15 is 0 Å². The van der Waals surface area contributed by atoms with Crippen LogP contribution < -0.4 is 5.43 Å². The summed E-state index contributed by atoms with van der Waals surface area (Å²) < 4.78 is 0. The minimum atomic E-state index is 0.531. The van der Waals surface area contributed by atoms with Gasteiger partial charge in [0.2, 0.25) is 0 Å². The second-order valence-corrected chi connectivity index (χ2v) is 5.98. The molecule has 0 unspecified atom stereocenters. The highest BCUT2D eigenvalue weighted by Gasteiger charge is 2.13. The molecule has 0 spiro atoms. The zero-order valence-electron chi connectivity index (χ0n) is 11.6. The van der Waals surface area contributed by atoms with Gasteiger partial charge in [-0.3, -0.25) is 5.43 Å². The SMILES string of the molecule is Clc1ccc(N/N=C2\CCCCc3ccccc32)cc1Cl. The van der Waals surface area contributed by atoms with Gasteiger partial charge in [-0.05, 0) is 49.4 Å². The molecule has 1 N–H and O–H groups in total. The molecule has 2 aromatic rings. The molecule has 0 saturated carbocycles. The molecule has 0 radical (unpaired) electrons. The van der Waals surface area contributed by atoms with E-state index in [1.54, 1.807) is 12.1 Å². The van der Waals surface area contributed by atoms with E-state index in [0.29, 0.717) is 10.0 Å². The fourth-order valence-corrected chi connectivity index (χ4v) is 2.87. The van der Waals surface area contributed by atoms with Crippen LogP contribution in [-0.4, -0.2) is 5.71 Å². The van der Waals surface area contributed by atoms with Gasteiger partial charge in [0.25, 0.3) is 0 Å². The number of anilines is 1. The molecule has 21 heavy (non-hydrogen) atoms. The molecule has 0 saturated heterocycles. The minimum Gasteiger partial charge on any atom is -0.278 e. The Morgan fingerprint density at radius 1 is 0.905 bits per heavy atom. The average molecular weight is 319 g/mol. The number of hydrogen-bond acceptors (Lipinski definition) is 2. The van der Waals surface area contributed by atoms with Crippen LogP contribution in [0.2, 0.25) is 10.0 Å². The zero-order chi connectivity index (χ0) is 14.7. The fraction of sp³-hybridized carbons (Fsp3) is 0.235. The van der Waals surface area contributed by atoms with Gasteiger partial charge in [-0.1, -0.05) is 47.5 Å². The number of rotatable bonds is 2. The van der Waals surface area contributed by atoms with Crippen molar-refractivity contribution in [2.45, 2.75) is 25.7 Å². The van der Waals surface area contributed by atoms with Gasteiger partial charge in [0.15, 0.2) is 0 Å². The normalized spacial score (nSPS) is 16.4. The Morgan fingerprint density at radius 2 is 1.71 bits per heavy atom. The minimum absolute atomic E-state index is 0.531. The molecule has 2 aromatic carbocycles. The summed E-state index contributed by atoms with van der Waals surface area (Å²) in [5.74, 6) is 0. The van der Waals surface area contributed by atoms with E-state index in [9.17, 15) is 0 Å². The smallest absolute Gasteiger partial charge is 0.0682 e. The van der Waals surface area contributed by atoms with Crippen molar-refractivity contribution in [3.05, 3.63) is 63.6 Å². The molecular formula is C17H16Cl2N2. The van der Waals surface area contributed by atoms with E-state index < -0.39 is 0 Å². The van der Waals surface area contributed by atoms with Crippen molar-refractivity contribution >= 4 is 34.6 Å². The van der Waals surface area contributed by atoms with Crippen LogP contribution >= 0.6 is 23.2 Å². The lowest BCUT2D eigenvalue weighted by Crippen LogP contribution is -2.05. The standard InChI is InChI=1S/C17H16Cl2N2/c18-15-10-9-13(11-16(15)19)20-21-17-8-4-2-6-12-5-1-3-7-14(12)17/h1,3,5,7,9-11,20H,2,4,6,8H2/b21-17+. The number of fused-ring (bicyclic) bond motifs is 1. The first-order valence-electron chi connectivity index (χ1n) is 7.10. The molecule has 1 aliphatic carbocycles. The van der Waals surface area contributed by atoms with Crippen molar-refractivity contribution in [3.8, 4) is 0 Å². The van der Waals surface area contributed by atoms with E-state index in [0.717, 1.165) is 30.7 Å². The maximum atomic E-state index is 6.02. The Labute approximate surface area is 134 Å². The lowest BCUT2D eigenvalue weighted by atomic mass is 10.0. The van der Waals surface area contributed by atoms with Crippen LogP contribution in [0.25, 0.3) is 0 Å². The average Bonchev–Trinajstić information content (AvgIpc) is 2.71. The molecule has 108 valence electrons. The number of hydrogen-bond donors (Lipinski definition) is 1. The van der Waals surface area contributed by atoms with Crippen molar-refractivity contribution in [1.82, 2.24) is 0 Å². The number of nitrogens with zero attached hydrogens (tertiary/aromatic N) is 1. The predicted molar refractivity (Wildman–Crippen MR) is 90.6 cm³/mol. The van der Waals surface area contributed by atoms with Crippen molar-refractivity contribution in [3.63, 3.8) is 0 Å². The number of aryl methyl sites for hydroxylation is 1. The lowest BCUT2D eigenvalue weighted by Gasteiger charge is -2.09. The van der Waals surface area contributed by atoms with Crippen LogP contribution in [0.3, 0.4) is 0 Å². The Hall–Kier alpha value is -1.51. The first-order chi connectivity index (χ1) is 10.2. The Morgan fingerprint density at radius 3 is 2.57 bits per heavy atom. The summed E-state index contributed by atoms with van der Waals surface area (Å²) >= 11 is 11.9. The quantitative estimate of drug-likeness (QED) is 0.571. The molecule has 3 rings (SSSR count). The second-order valence-electron chi connectivity index (χ2n) is 5.16. The summed E-state index contributed by atoms with van der Waals surface area (Å²) in [6.07, 6.45) is 4.49.